The molecule has 1 aliphatic heterocycles. The van der Waals surface area contributed by atoms with Gasteiger partial charge in [-0.25, -0.2) is 0 Å². The smallest absolute Gasteiger partial charge is 0.315 e. The lowest BCUT2D eigenvalue weighted by molar-refractivity contribution is -0.146. The Morgan fingerprint density at radius 1 is 1.26 bits per heavy atom. The molecule has 4 heteroatoms. The second-order valence-electron chi connectivity index (χ2n) is 6.01. The van der Waals surface area contributed by atoms with Gasteiger partial charge in [-0.2, -0.15) is 0 Å². The number of nitrogens with zero attached hydrogens (tertiary/aromatic N) is 1. The standard InChI is InChI=1S/C19H21NO3/c1-3-23-19(22)16-12(2)20-14-10-7-11-15(21)18(14)17(16)13-8-5-4-6-9-13/h4-6,8-9,16-17H,3,7,10-11H2,1-2H3/t16?,17-/m0/s1. The van der Waals surface area contributed by atoms with Gasteiger partial charge in [-0.3, -0.25) is 14.6 Å². The van der Waals surface area contributed by atoms with Crippen LogP contribution in [0.4, 0.5) is 0 Å². The number of hydrogen-bond donors (Lipinski definition) is 0. The van der Waals surface area contributed by atoms with Crippen molar-refractivity contribution in [3.8, 4) is 0 Å². The van der Waals surface area contributed by atoms with Crippen molar-refractivity contribution in [3.63, 3.8) is 0 Å². The predicted molar refractivity (Wildman–Crippen MR) is 88.3 cm³/mol. The first kappa shape index (κ1) is 15.7. The number of ketones is 1. The first-order valence-corrected chi connectivity index (χ1v) is 8.16. The second kappa shape index (κ2) is 6.49. The van der Waals surface area contributed by atoms with Crippen LogP contribution in [-0.4, -0.2) is 24.1 Å². The van der Waals surface area contributed by atoms with Gasteiger partial charge in [0.15, 0.2) is 5.78 Å². The van der Waals surface area contributed by atoms with Gasteiger partial charge in [0.25, 0.3) is 0 Å². The molecule has 0 radical (unpaired) electrons. The third-order valence-corrected chi connectivity index (χ3v) is 4.53. The summed E-state index contributed by atoms with van der Waals surface area (Å²) in [5.74, 6) is -0.980. The van der Waals surface area contributed by atoms with Crippen LogP contribution in [0.5, 0.6) is 0 Å². The fraction of sp³-hybridized carbons (Fsp3) is 0.421. The van der Waals surface area contributed by atoms with Crippen molar-refractivity contribution in [2.45, 2.75) is 39.0 Å². The van der Waals surface area contributed by atoms with Crippen molar-refractivity contribution in [2.24, 2.45) is 10.9 Å². The van der Waals surface area contributed by atoms with Crippen LogP contribution in [0.2, 0.25) is 0 Å². The van der Waals surface area contributed by atoms with Crippen molar-refractivity contribution < 1.29 is 14.3 Å². The van der Waals surface area contributed by atoms with E-state index in [2.05, 4.69) is 4.99 Å². The topological polar surface area (TPSA) is 55.7 Å². The quantitative estimate of drug-likeness (QED) is 0.804. The Bertz CT molecular complexity index is 688. The van der Waals surface area contributed by atoms with Gasteiger partial charge < -0.3 is 4.74 Å². The molecular weight excluding hydrogens is 290 g/mol. The largest absolute Gasteiger partial charge is 0.465 e. The molecule has 4 nitrogen and oxygen atoms in total. The molecule has 1 aromatic carbocycles. The Morgan fingerprint density at radius 3 is 2.70 bits per heavy atom. The molecule has 0 spiro atoms. The number of aliphatic imine (C=N–C) groups is 1. The summed E-state index contributed by atoms with van der Waals surface area (Å²) in [6.07, 6.45) is 2.17. The highest BCUT2D eigenvalue weighted by Gasteiger charge is 2.42. The monoisotopic (exact) mass is 311 g/mol. The highest BCUT2D eigenvalue weighted by Crippen LogP contribution is 2.43. The van der Waals surface area contributed by atoms with Gasteiger partial charge in [-0.1, -0.05) is 30.3 Å². The molecule has 2 atom stereocenters. The Morgan fingerprint density at radius 2 is 2.00 bits per heavy atom. The third kappa shape index (κ3) is 2.85. The van der Waals surface area contributed by atoms with E-state index in [9.17, 15) is 9.59 Å². The summed E-state index contributed by atoms with van der Waals surface area (Å²) in [5, 5.41) is 0. The van der Waals surface area contributed by atoms with E-state index in [1.165, 1.54) is 0 Å². The average molecular weight is 311 g/mol. The maximum atomic E-state index is 12.6. The van der Waals surface area contributed by atoms with Gasteiger partial charge in [0.1, 0.15) is 5.92 Å². The number of Topliss-reactive ketones (excluding diaryl/α,β-unsaturated/α-hetero) is 1. The Balaban J connectivity index is 2.13. The molecule has 3 rings (SSSR count). The van der Waals surface area contributed by atoms with Crippen LogP contribution in [-0.2, 0) is 14.3 Å². The van der Waals surface area contributed by atoms with E-state index in [1.54, 1.807) is 6.92 Å². The summed E-state index contributed by atoms with van der Waals surface area (Å²) < 4.78 is 5.26. The molecule has 0 amide bonds. The lowest BCUT2D eigenvalue weighted by atomic mass is 9.72. The van der Waals surface area contributed by atoms with Crippen LogP contribution in [0.15, 0.2) is 46.6 Å². The Labute approximate surface area is 136 Å². The molecule has 0 N–H and O–H groups in total. The van der Waals surface area contributed by atoms with Gasteiger partial charge in [0, 0.05) is 29.3 Å². The van der Waals surface area contributed by atoms with Crippen molar-refractivity contribution >= 4 is 17.5 Å². The highest BCUT2D eigenvalue weighted by molar-refractivity contribution is 6.08. The number of allylic oxidation sites excluding steroid dienone is 2. The second-order valence-corrected chi connectivity index (χ2v) is 6.01. The Kier molecular flexibility index (Phi) is 4.42. The average Bonchev–Trinajstić information content (AvgIpc) is 2.54. The summed E-state index contributed by atoms with van der Waals surface area (Å²) in [5.41, 5.74) is 3.28. The zero-order valence-electron chi connectivity index (χ0n) is 13.5. The molecular formula is C19H21NO3. The first-order chi connectivity index (χ1) is 11.1. The van der Waals surface area contributed by atoms with Crippen LogP contribution in [0.1, 0.15) is 44.6 Å². The minimum absolute atomic E-state index is 0.116. The SMILES string of the molecule is CCOC(=O)C1C(C)=NC2=C(C(=O)CCC2)[C@H]1c1ccccc1. The number of carbonyl (C=O) groups is 2. The number of carbonyl (C=O) groups excluding carboxylic acids is 2. The molecule has 1 unspecified atom stereocenters. The highest BCUT2D eigenvalue weighted by atomic mass is 16.5. The number of benzene rings is 1. The van der Waals surface area contributed by atoms with E-state index in [0.717, 1.165) is 29.8 Å². The molecule has 0 saturated carbocycles. The normalized spacial score (nSPS) is 24.1. The van der Waals surface area contributed by atoms with Crippen molar-refractivity contribution in [1.29, 1.82) is 0 Å². The predicted octanol–water partition coefficient (Wildman–Crippen LogP) is 3.43. The molecule has 1 aliphatic carbocycles. The number of ether oxygens (including phenoxy) is 1. The van der Waals surface area contributed by atoms with Gasteiger partial charge in [-0.05, 0) is 32.3 Å². The van der Waals surface area contributed by atoms with E-state index in [1.807, 2.05) is 37.3 Å². The van der Waals surface area contributed by atoms with Crippen LogP contribution in [0.3, 0.4) is 0 Å². The minimum atomic E-state index is -0.516. The maximum absolute atomic E-state index is 12.6. The first-order valence-electron chi connectivity index (χ1n) is 8.16. The molecule has 1 aromatic rings. The zero-order chi connectivity index (χ0) is 16.4. The van der Waals surface area contributed by atoms with Crippen molar-refractivity contribution in [1.82, 2.24) is 0 Å². The Hall–Kier alpha value is -2.23. The molecule has 120 valence electrons. The number of rotatable bonds is 3. The lowest BCUT2D eigenvalue weighted by Crippen LogP contribution is -2.37. The number of hydrogen-bond acceptors (Lipinski definition) is 4. The molecule has 0 aromatic heterocycles. The summed E-state index contributed by atoms with van der Waals surface area (Å²) >= 11 is 0. The zero-order valence-corrected chi connectivity index (χ0v) is 13.5. The van der Waals surface area contributed by atoms with E-state index in [0.29, 0.717) is 18.6 Å². The summed E-state index contributed by atoms with van der Waals surface area (Å²) in [4.78, 5) is 29.7. The summed E-state index contributed by atoms with van der Waals surface area (Å²) in [6.45, 7) is 3.98. The van der Waals surface area contributed by atoms with Gasteiger partial charge in [0.05, 0.1) is 6.61 Å². The van der Waals surface area contributed by atoms with Gasteiger partial charge in [-0.15, -0.1) is 0 Å². The number of esters is 1. The van der Waals surface area contributed by atoms with Gasteiger partial charge in [0.2, 0.25) is 0 Å². The molecule has 0 fully saturated rings. The molecule has 0 bridgehead atoms. The molecule has 0 saturated heterocycles. The fourth-order valence-electron chi connectivity index (χ4n) is 3.56. The molecule has 23 heavy (non-hydrogen) atoms. The third-order valence-electron chi connectivity index (χ3n) is 4.53. The van der Waals surface area contributed by atoms with Crippen molar-refractivity contribution in [3.05, 3.63) is 47.2 Å². The fourth-order valence-corrected chi connectivity index (χ4v) is 3.56. The lowest BCUT2D eigenvalue weighted by Gasteiger charge is -2.34. The summed E-state index contributed by atoms with van der Waals surface area (Å²) in [7, 11) is 0. The van der Waals surface area contributed by atoms with Crippen LogP contribution < -0.4 is 0 Å². The van der Waals surface area contributed by atoms with E-state index in [4.69, 9.17) is 4.74 Å². The maximum Gasteiger partial charge on any atom is 0.315 e. The van der Waals surface area contributed by atoms with Crippen molar-refractivity contribution in [2.75, 3.05) is 6.61 Å². The van der Waals surface area contributed by atoms with Crippen LogP contribution >= 0.6 is 0 Å². The molecule has 1 heterocycles. The van der Waals surface area contributed by atoms with Crippen LogP contribution in [0, 0.1) is 5.92 Å². The van der Waals surface area contributed by atoms with Crippen LogP contribution in [0.25, 0.3) is 0 Å². The van der Waals surface area contributed by atoms with Gasteiger partial charge >= 0.3 is 5.97 Å². The van der Waals surface area contributed by atoms with E-state index >= 15 is 0 Å². The van der Waals surface area contributed by atoms with E-state index in [-0.39, 0.29) is 17.7 Å². The molecule has 2 aliphatic rings. The summed E-state index contributed by atoms with van der Waals surface area (Å²) in [6, 6.07) is 9.76. The van der Waals surface area contributed by atoms with E-state index < -0.39 is 5.92 Å². The minimum Gasteiger partial charge on any atom is -0.465 e.